The van der Waals surface area contributed by atoms with Crippen LogP contribution in [-0.2, 0) is 10.2 Å². The summed E-state index contributed by atoms with van der Waals surface area (Å²) in [7, 11) is 0. The first kappa shape index (κ1) is 16.7. The summed E-state index contributed by atoms with van der Waals surface area (Å²) in [4.78, 5) is 12.0. The fourth-order valence-electron chi connectivity index (χ4n) is 2.03. The van der Waals surface area contributed by atoms with Crippen molar-refractivity contribution in [3.8, 4) is 6.07 Å². The van der Waals surface area contributed by atoms with Gasteiger partial charge in [-0.25, -0.2) is 0 Å². The molecule has 0 aliphatic rings. The number of carbonyl (C=O) groups excluding carboxylic acids is 1. The lowest BCUT2D eigenvalue weighted by Gasteiger charge is -2.27. The van der Waals surface area contributed by atoms with E-state index in [9.17, 15) is 4.79 Å². The van der Waals surface area contributed by atoms with Crippen LogP contribution >= 0.6 is 15.9 Å². The second kappa shape index (κ2) is 6.90. The summed E-state index contributed by atoms with van der Waals surface area (Å²) in [5, 5.41) is 11.9. The highest BCUT2D eigenvalue weighted by Gasteiger charge is 2.27. The SMILES string of the molecule is CC(C)C(C#N)C(=O)NCC(C)(C)c1ccccc1Br. The Kier molecular flexibility index (Phi) is 5.76. The largest absolute Gasteiger partial charge is 0.354 e. The molecule has 1 atom stereocenters. The topological polar surface area (TPSA) is 52.9 Å². The van der Waals surface area contributed by atoms with Crippen molar-refractivity contribution >= 4 is 21.8 Å². The number of benzene rings is 1. The monoisotopic (exact) mass is 336 g/mol. The Balaban J connectivity index is 2.76. The fourth-order valence-corrected chi connectivity index (χ4v) is 2.86. The Bertz CT molecular complexity index is 517. The average molecular weight is 337 g/mol. The van der Waals surface area contributed by atoms with E-state index in [1.54, 1.807) is 0 Å². The summed E-state index contributed by atoms with van der Waals surface area (Å²) in [5.74, 6) is -0.765. The lowest BCUT2D eigenvalue weighted by Crippen LogP contribution is -2.40. The fraction of sp³-hybridized carbons (Fsp3) is 0.500. The summed E-state index contributed by atoms with van der Waals surface area (Å²) >= 11 is 3.54. The zero-order chi connectivity index (χ0) is 15.3. The zero-order valence-corrected chi connectivity index (χ0v) is 14.0. The molecule has 0 aliphatic heterocycles. The minimum absolute atomic E-state index is 0.0200. The van der Waals surface area contributed by atoms with Crippen LogP contribution in [0.25, 0.3) is 0 Å². The first-order valence-corrected chi connectivity index (χ1v) is 7.51. The number of nitrogens with one attached hydrogen (secondary N) is 1. The van der Waals surface area contributed by atoms with Crippen LogP contribution in [0.2, 0.25) is 0 Å². The second-order valence-corrected chi connectivity index (χ2v) is 6.79. The van der Waals surface area contributed by atoms with Gasteiger partial charge in [0.05, 0.1) is 6.07 Å². The van der Waals surface area contributed by atoms with Crippen LogP contribution in [0.15, 0.2) is 28.7 Å². The molecule has 1 unspecified atom stereocenters. The van der Waals surface area contributed by atoms with Crippen molar-refractivity contribution in [1.82, 2.24) is 5.32 Å². The van der Waals surface area contributed by atoms with Gasteiger partial charge in [0.15, 0.2) is 0 Å². The molecule has 0 saturated carbocycles. The minimum atomic E-state index is -0.593. The summed E-state index contributed by atoms with van der Waals surface area (Å²) in [5.41, 5.74) is 0.936. The number of hydrogen-bond acceptors (Lipinski definition) is 2. The van der Waals surface area contributed by atoms with E-state index in [1.165, 1.54) is 0 Å². The molecule has 0 aromatic heterocycles. The normalized spacial score (nSPS) is 12.8. The third-order valence-corrected chi connectivity index (χ3v) is 4.09. The molecule has 1 N–H and O–H groups in total. The van der Waals surface area contributed by atoms with Crippen molar-refractivity contribution < 1.29 is 4.79 Å². The Labute approximate surface area is 129 Å². The Hall–Kier alpha value is -1.34. The molecule has 0 aliphatic carbocycles. The number of nitriles is 1. The van der Waals surface area contributed by atoms with Gasteiger partial charge in [-0.2, -0.15) is 5.26 Å². The van der Waals surface area contributed by atoms with Crippen LogP contribution in [0.3, 0.4) is 0 Å². The summed E-state index contributed by atoms with van der Waals surface area (Å²) in [6, 6.07) is 10.0. The molecule has 20 heavy (non-hydrogen) atoms. The van der Waals surface area contributed by atoms with Crippen molar-refractivity contribution in [2.75, 3.05) is 6.54 Å². The van der Waals surface area contributed by atoms with Crippen LogP contribution in [0.1, 0.15) is 33.3 Å². The van der Waals surface area contributed by atoms with Gasteiger partial charge < -0.3 is 5.32 Å². The standard InChI is InChI=1S/C16H21BrN2O/c1-11(2)12(9-18)15(20)19-10-16(3,4)13-7-5-6-8-14(13)17/h5-8,11-12H,10H2,1-4H3,(H,19,20). The number of hydrogen-bond donors (Lipinski definition) is 1. The molecule has 0 bridgehead atoms. The van der Waals surface area contributed by atoms with Crippen molar-refractivity contribution in [2.45, 2.75) is 33.1 Å². The number of amides is 1. The van der Waals surface area contributed by atoms with Crippen molar-refractivity contribution in [3.63, 3.8) is 0 Å². The van der Waals surface area contributed by atoms with Crippen molar-refractivity contribution in [1.29, 1.82) is 5.26 Å². The van der Waals surface area contributed by atoms with Crippen LogP contribution in [-0.4, -0.2) is 12.5 Å². The van der Waals surface area contributed by atoms with Gasteiger partial charge in [0.1, 0.15) is 5.92 Å². The van der Waals surface area contributed by atoms with Gasteiger partial charge >= 0.3 is 0 Å². The van der Waals surface area contributed by atoms with E-state index in [0.717, 1.165) is 10.0 Å². The Morgan fingerprint density at radius 3 is 2.50 bits per heavy atom. The minimum Gasteiger partial charge on any atom is -0.354 e. The van der Waals surface area contributed by atoms with Crippen LogP contribution in [0.5, 0.6) is 0 Å². The highest BCUT2D eigenvalue weighted by atomic mass is 79.9. The van der Waals surface area contributed by atoms with E-state index in [2.05, 4.69) is 41.2 Å². The third kappa shape index (κ3) is 4.08. The van der Waals surface area contributed by atoms with Crippen molar-refractivity contribution in [2.24, 2.45) is 11.8 Å². The quantitative estimate of drug-likeness (QED) is 0.892. The molecule has 1 rings (SSSR count). The first-order chi connectivity index (χ1) is 9.29. The molecular formula is C16H21BrN2O. The highest BCUT2D eigenvalue weighted by molar-refractivity contribution is 9.10. The van der Waals surface area contributed by atoms with E-state index in [4.69, 9.17) is 5.26 Å². The molecular weight excluding hydrogens is 316 g/mol. The first-order valence-electron chi connectivity index (χ1n) is 6.72. The van der Waals surface area contributed by atoms with Crippen LogP contribution in [0, 0.1) is 23.2 Å². The van der Waals surface area contributed by atoms with E-state index in [0.29, 0.717) is 6.54 Å². The van der Waals surface area contributed by atoms with E-state index in [1.807, 2.05) is 38.1 Å². The lowest BCUT2D eigenvalue weighted by molar-refractivity contribution is -0.124. The molecule has 0 spiro atoms. The summed E-state index contributed by atoms with van der Waals surface area (Å²) < 4.78 is 1.03. The van der Waals surface area contributed by atoms with Gasteiger partial charge in [-0.3, -0.25) is 4.79 Å². The Morgan fingerprint density at radius 1 is 1.40 bits per heavy atom. The average Bonchev–Trinajstić information content (AvgIpc) is 2.37. The van der Waals surface area contributed by atoms with Gasteiger partial charge in [-0.15, -0.1) is 0 Å². The molecule has 1 amide bonds. The van der Waals surface area contributed by atoms with E-state index < -0.39 is 5.92 Å². The predicted octanol–water partition coefficient (Wildman–Crippen LogP) is 3.64. The summed E-state index contributed by atoms with van der Waals surface area (Å²) in [6.45, 7) is 8.41. The lowest BCUT2D eigenvalue weighted by atomic mass is 9.84. The predicted molar refractivity (Wildman–Crippen MR) is 84.1 cm³/mol. The molecule has 0 saturated heterocycles. The summed E-state index contributed by atoms with van der Waals surface area (Å²) in [6.07, 6.45) is 0. The second-order valence-electron chi connectivity index (χ2n) is 5.93. The molecule has 4 heteroatoms. The maximum Gasteiger partial charge on any atom is 0.237 e. The number of carbonyl (C=O) groups is 1. The molecule has 0 fully saturated rings. The molecule has 1 aromatic carbocycles. The number of halogens is 1. The molecule has 1 aromatic rings. The van der Waals surface area contributed by atoms with Gasteiger partial charge in [0.2, 0.25) is 5.91 Å². The number of rotatable bonds is 5. The molecule has 108 valence electrons. The molecule has 0 radical (unpaired) electrons. The zero-order valence-electron chi connectivity index (χ0n) is 12.4. The highest BCUT2D eigenvalue weighted by Crippen LogP contribution is 2.29. The number of nitrogens with zero attached hydrogens (tertiary/aromatic N) is 1. The maximum atomic E-state index is 12.0. The third-order valence-electron chi connectivity index (χ3n) is 3.40. The van der Waals surface area contributed by atoms with Crippen molar-refractivity contribution in [3.05, 3.63) is 34.3 Å². The van der Waals surface area contributed by atoms with Crippen LogP contribution < -0.4 is 5.32 Å². The molecule has 3 nitrogen and oxygen atoms in total. The van der Waals surface area contributed by atoms with Gasteiger partial charge in [-0.05, 0) is 17.5 Å². The molecule has 0 heterocycles. The smallest absolute Gasteiger partial charge is 0.237 e. The van der Waals surface area contributed by atoms with E-state index >= 15 is 0 Å². The van der Waals surface area contributed by atoms with Gasteiger partial charge in [0.25, 0.3) is 0 Å². The van der Waals surface area contributed by atoms with Gasteiger partial charge in [0, 0.05) is 16.4 Å². The maximum absolute atomic E-state index is 12.0. The van der Waals surface area contributed by atoms with Gasteiger partial charge in [-0.1, -0.05) is 61.8 Å². The van der Waals surface area contributed by atoms with Crippen LogP contribution in [0.4, 0.5) is 0 Å². The van der Waals surface area contributed by atoms with E-state index in [-0.39, 0.29) is 17.2 Å². The Morgan fingerprint density at radius 2 is 2.00 bits per heavy atom.